The molecule has 0 radical (unpaired) electrons. The molecule has 0 saturated carbocycles. The SMILES string of the molecule is Cc1nn(CCNC(=O)Cc2cccc(C(F)(F)F)c2)c(C)c1-c1ccsc1. The van der Waals surface area contributed by atoms with Crippen LogP contribution in [0, 0.1) is 13.8 Å². The molecule has 0 bridgehead atoms. The van der Waals surface area contributed by atoms with Crippen molar-refractivity contribution in [2.75, 3.05) is 6.54 Å². The van der Waals surface area contributed by atoms with Gasteiger partial charge in [-0.05, 0) is 47.9 Å². The van der Waals surface area contributed by atoms with Gasteiger partial charge in [-0.25, -0.2) is 0 Å². The van der Waals surface area contributed by atoms with Gasteiger partial charge in [0, 0.05) is 17.8 Å². The van der Waals surface area contributed by atoms with Crippen LogP contribution in [0.4, 0.5) is 13.2 Å². The summed E-state index contributed by atoms with van der Waals surface area (Å²) in [5, 5.41) is 11.4. The molecular weight excluding hydrogens is 387 g/mol. The fraction of sp³-hybridized carbons (Fsp3) is 0.300. The van der Waals surface area contributed by atoms with E-state index in [-0.39, 0.29) is 12.3 Å². The Morgan fingerprint density at radius 3 is 2.71 bits per heavy atom. The van der Waals surface area contributed by atoms with Crippen LogP contribution in [-0.4, -0.2) is 22.2 Å². The number of nitrogens with zero attached hydrogens (tertiary/aromatic N) is 2. The molecule has 0 aliphatic rings. The summed E-state index contributed by atoms with van der Waals surface area (Å²) < 4.78 is 40.1. The first-order valence-corrected chi connectivity index (χ1v) is 9.69. The lowest BCUT2D eigenvalue weighted by atomic mass is 10.1. The molecule has 2 heterocycles. The molecule has 1 N–H and O–H groups in total. The topological polar surface area (TPSA) is 46.9 Å². The molecule has 0 atom stereocenters. The van der Waals surface area contributed by atoms with Gasteiger partial charge in [0.25, 0.3) is 0 Å². The number of nitrogens with one attached hydrogen (secondary N) is 1. The zero-order valence-corrected chi connectivity index (χ0v) is 16.3. The highest BCUT2D eigenvalue weighted by molar-refractivity contribution is 7.08. The minimum Gasteiger partial charge on any atom is -0.354 e. The summed E-state index contributed by atoms with van der Waals surface area (Å²) >= 11 is 1.62. The average molecular weight is 407 g/mol. The van der Waals surface area contributed by atoms with E-state index in [9.17, 15) is 18.0 Å². The number of alkyl halides is 3. The summed E-state index contributed by atoms with van der Waals surface area (Å²) in [6.45, 7) is 4.77. The van der Waals surface area contributed by atoms with Gasteiger partial charge in [0.15, 0.2) is 0 Å². The van der Waals surface area contributed by atoms with Crippen LogP contribution in [0.3, 0.4) is 0 Å². The summed E-state index contributed by atoms with van der Waals surface area (Å²) in [5.41, 5.74) is 3.74. The number of hydrogen-bond acceptors (Lipinski definition) is 3. The van der Waals surface area contributed by atoms with Crippen LogP contribution in [0.2, 0.25) is 0 Å². The molecule has 3 rings (SSSR count). The molecule has 0 unspecified atom stereocenters. The molecule has 0 aliphatic carbocycles. The van der Waals surface area contributed by atoms with Crippen molar-refractivity contribution in [1.82, 2.24) is 15.1 Å². The molecule has 0 spiro atoms. The van der Waals surface area contributed by atoms with Crippen molar-refractivity contribution in [2.45, 2.75) is 33.0 Å². The molecule has 8 heteroatoms. The second-order valence-corrected chi connectivity index (χ2v) is 7.29. The van der Waals surface area contributed by atoms with Crippen molar-refractivity contribution in [2.24, 2.45) is 0 Å². The van der Waals surface area contributed by atoms with E-state index in [1.165, 1.54) is 12.1 Å². The molecule has 2 aromatic heterocycles. The summed E-state index contributed by atoms with van der Waals surface area (Å²) in [6, 6.07) is 6.88. The average Bonchev–Trinajstić information content (AvgIpc) is 3.23. The second kappa shape index (κ2) is 8.18. The Morgan fingerprint density at radius 2 is 2.04 bits per heavy atom. The van der Waals surface area contributed by atoms with E-state index in [4.69, 9.17) is 0 Å². The van der Waals surface area contributed by atoms with Gasteiger partial charge in [0.1, 0.15) is 0 Å². The molecule has 148 valence electrons. The predicted molar refractivity (Wildman–Crippen MR) is 103 cm³/mol. The molecule has 0 saturated heterocycles. The van der Waals surface area contributed by atoms with Gasteiger partial charge in [-0.2, -0.15) is 29.6 Å². The van der Waals surface area contributed by atoms with Crippen molar-refractivity contribution in [1.29, 1.82) is 0 Å². The quantitative estimate of drug-likeness (QED) is 0.649. The number of thiophene rings is 1. The smallest absolute Gasteiger partial charge is 0.354 e. The van der Waals surface area contributed by atoms with E-state index >= 15 is 0 Å². The first-order valence-electron chi connectivity index (χ1n) is 8.75. The van der Waals surface area contributed by atoms with Gasteiger partial charge < -0.3 is 5.32 Å². The number of aromatic nitrogens is 2. The van der Waals surface area contributed by atoms with Gasteiger partial charge in [-0.1, -0.05) is 18.2 Å². The number of amides is 1. The second-order valence-electron chi connectivity index (χ2n) is 6.51. The van der Waals surface area contributed by atoms with Crippen molar-refractivity contribution >= 4 is 17.2 Å². The van der Waals surface area contributed by atoms with Crippen LogP contribution < -0.4 is 5.32 Å². The van der Waals surface area contributed by atoms with E-state index in [0.29, 0.717) is 18.7 Å². The fourth-order valence-electron chi connectivity index (χ4n) is 3.15. The van der Waals surface area contributed by atoms with Crippen LogP contribution in [0.5, 0.6) is 0 Å². The van der Waals surface area contributed by atoms with Crippen LogP contribution in [0.25, 0.3) is 11.1 Å². The maximum Gasteiger partial charge on any atom is 0.416 e. The van der Waals surface area contributed by atoms with Gasteiger partial charge in [0.2, 0.25) is 5.91 Å². The lowest BCUT2D eigenvalue weighted by molar-refractivity contribution is -0.137. The third-order valence-corrected chi connectivity index (χ3v) is 5.14. The molecule has 0 aliphatic heterocycles. The van der Waals surface area contributed by atoms with Crippen LogP contribution in [-0.2, 0) is 23.9 Å². The summed E-state index contributed by atoms with van der Waals surface area (Å²) in [7, 11) is 0. The number of carbonyl (C=O) groups excluding carboxylic acids is 1. The van der Waals surface area contributed by atoms with Crippen molar-refractivity contribution < 1.29 is 18.0 Å². The number of hydrogen-bond donors (Lipinski definition) is 1. The van der Waals surface area contributed by atoms with Gasteiger partial charge >= 0.3 is 6.18 Å². The number of carbonyl (C=O) groups is 1. The normalized spacial score (nSPS) is 11.6. The third kappa shape index (κ3) is 4.62. The number of aryl methyl sites for hydroxylation is 1. The summed E-state index contributed by atoms with van der Waals surface area (Å²) in [6.07, 6.45) is -4.51. The third-order valence-electron chi connectivity index (χ3n) is 4.46. The number of halogens is 3. The highest BCUT2D eigenvalue weighted by Gasteiger charge is 2.30. The monoisotopic (exact) mass is 407 g/mol. The Kier molecular flexibility index (Phi) is 5.88. The highest BCUT2D eigenvalue weighted by atomic mass is 32.1. The Balaban J connectivity index is 1.57. The maximum absolute atomic E-state index is 12.8. The Morgan fingerprint density at radius 1 is 1.25 bits per heavy atom. The van der Waals surface area contributed by atoms with E-state index in [2.05, 4.69) is 15.8 Å². The molecule has 1 amide bonds. The number of benzene rings is 1. The van der Waals surface area contributed by atoms with E-state index < -0.39 is 11.7 Å². The molecule has 1 aromatic carbocycles. The van der Waals surface area contributed by atoms with Crippen LogP contribution >= 0.6 is 11.3 Å². The minimum absolute atomic E-state index is 0.0960. The van der Waals surface area contributed by atoms with E-state index in [1.54, 1.807) is 11.3 Å². The summed E-state index contributed by atoms with van der Waals surface area (Å²) in [5.74, 6) is -0.320. The van der Waals surface area contributed by atoms with E-state index in [0.717, 1.165) is 34.6 Å². The molecular formula is C20H20F3N3OS. The Hall–Kier alpha value is -2.61. The summed E-state index contributed by atoms with van der Waals surface area (Å²) in [4.78, 5) is 12.1. The maximum atomic E-state index is 12.8. The van der Waals surface area contributed by atoms with Gasteiger partial charge in [-0.3, -0.25) is 9.48 Å². The molecule has 3 aromatic rings. The predicted octanol–water partition coefficient (Wildman–Crippen LogP) is 4.61. The highest BCUT2D eigenvalue weighted by Crippen LogP contribution is 2.30. The van der Waals surface area contributed by atoms with Crippen molar-refractivity contribution in [3.8, 4) is 11.1 Å². The largest absolute Gasteiger partial charge is 0.416 e. The van der Waals surface area contributed by atoms with E-state index in [1.807, 2.05) is 30.0 Å². The lowest BCUT2D eigenvalue weighted by Gasteiger charge is -2.10. The van der Waals surface area contributed by atoms with Crippen LogP contribution in [0.15, 0.2) is 41.1 Å². The Labute approximate surface area is 165 Å². The minimum atomic E-state index is -4.41. The van der Waals surface area contributed by atoms with Gasteiger partial charge in [0.05, 0.1) is 24.2 Å². The number of rotatable bonds is 6. The zero-order chi connectivity index (χ0) is 20.3. The Bertz CT molecular complexity index is 962. The lowest BCUT2D eigenvalue weighted by Crippen LogP contribution is -2.29. The molecule has 0 fully saturated rings. The van der Waals surface area contributed by atoms with Crippen molar-refractivity contribution in [3.63, 3.8) is 0 Å². The van der Waals surface area contributed by atoms with Crippen LogP contribution in [0.1, 0.15) is 22.5 Å². The fourth-order valence-corrected chi connectivity index (χ4v) is 3.79. The first-order chi connectivity index (χ1) is 13.3. The standard InChI is InChI=1S/C20H20F3N3OS/c1-13-19(16-6-9-28-12-16)14(2)26(25-13)8-7-24-18(27)11-15-4-3-5-17(10-15)20(21,22)23/h3-6,9-10,12H,7-8,11H2,1-2H3,(H,24,27). The zero-order valence-electron chi connectivity index (χ0n) is 15.5. The van der Waals surface area contributed by atoms with Crippen molar-refractivity contribution in [3.05, 3.63) is 63.6 Å². The first kappa shape index (κ1) is 20.1. The van der Waals surface area contributed by atoms with Gasteiger partial charge in [-0.15, -0.1) is 0 Å². The molecule has 4 nitrogen and oxygen atoms in total. The molecule has 28 heavy (non-hydrogen) atoms.